The van der Waals surface area contributed by atoms with Crippen molar-refractivity contribution in [3.8, 4) is 23.0 Å². The topological polar surface area (TPSA) is 83.7 Å². The van der Waals surface area contributed by atoms with Gasteiger partial charge in [0.25, 0.3) is 5.89 Å². The van der Waals surface area contributed by atoms with Crippen LogP contribution in [0.3, 0.4) is 0 Å². The molecule has 0 bridgehead atoms. The van der Waals surface area contributed by atoms with Crippen LogP contribution in [0.5, 0.6) is 11.5 Å². The average molecular weight is 492 g/mol. The molecule has 0 aliphatic rings. The van der Waals surface area contributed by atoms with E-state index < -0.39 is 29.4 Å². The SMILES string of the molecule is CCOC(=O)C(C)(C)Oc1ccc(OC(CC)c2nnc(-c3ccc(C(F)(F)F)cc3)o2)cc1C. The van der Waals surface area contributed by atoms with Crippen LogP contribution >= 0.6 is 0 Å². The summed E-state index contributed by atoms with van der Waals surface area (Å²) in [6, 6.07) is 9.63. The first-order valence-electron chi connectivity index (χ1n) is 11.1. The lowest BCUT2D eigenvalue weighted by molar-refractivity contribution is -0.158. The predicted octanol–water partition coefficient (Wildman–Crippen LogP) is 6.31. The van der Waals surface area contributed by atoms with Gasteiger partial charge in [-0.15, -0.1) is 10.2 Å². The summed E-state index contributed by atoms with van der Waals surface area (Å²) in [6.07, 6.45) is -4.50. The van der Waals surface area contributed by atoms with Crippen LogP contribution in [-0.2, 0) is 15.7 Å². The fraction of sp³-hybridized carbons (Fsp3) is 0.400. The zero-order valence-electron chi connectivity index (χ0n) is 20.1. The number of esters is 1. The van der Waals surface area contributed by atoms with Crippen molar-refractivity contribution >= 4 is 5.97 Å². The molecule has 0 fully saturated rings. The normalized spacial score (nSPS) is 12.8. The molecule has 2 aromatic carbocycles. The van der Waals surface area contributed by atoms with Gasteiger partial charge in [0.1, 0.15) is 11.5 Å². The summed E-state index contributed by atoms with van der Waals surface area (Å²) in [6.45, 7) is 8.94. The van der Waals surface area contributed by atoms with E-state index in [0.29, 0.717) is 23.5 Å². The van der Waals surface area contributed by atoms with Crippen LogP contribution in [0.2, 0.25) is 0 Å². The van der Waals surface area contributed by atoms with Gasteiger partial charge in [0.15, 0.2) is 11.7 Å². The number of carbonyl (C=O) groups is 1. The van der Waals surface area contributed by atoms with E-state index in [1.54, 1.807) is 39.0 Å². The maximum absolute atomic E-state index is 12.8. The number of nitrogens with zero attached hydrogens (tertiary/aromatic N) is 2. The van der Waals surface area contributed by atoms with Gasteiger partial charge in [-0.1, -0.05) is 6.92 Å². The third kappa shape index (κ3) is 6.32. The van der Waals surface area contributed by atoms with Crippen LogP contribution in [-0.4, -0.2) is 28.4 Å². The molecular weight excluding hydrogens is 465 g/mol. The molecule has 0 aliphatic heterocycles. The number of halogens is 3. The lowest BCUT2D eigenvalue weighted by Crippen LogP contribution is -2.39. The molecule has 1 aromatic heterocycles. The second-order valence-electron chi connectivity index (χ2n) is 8.30. The smallest absolute Gasteiger partial charge is 0.416 e. The first-order chi connectivity index (χ1) is 16.4. The van der Waals surface area contributed by atoms with Gasteiger partial charge >= 0.3 is 12.1 Å². The number of aromatic nitrogens is 2. The summed E-state index contributed by atoms with van der Waals surface area (Å²) in [5, 5.41) is 7.97. The molecule has 1 atom stereocenters. The van der Waals surface area contributed by atoms with Crippen molar-refractivity contribution in [3.63, 3.8) is 0 Å². The van der Waals surface area contributed by atoms with Gasteiger partial charge in [-0.2, -0.15) is 13.2 Å². The average Bonchev–Trinajstić information content (AvgIpc) is 3.29. The number of alkyl halides is 3. The zero-order chi connectivity index (χ0) is 25.8. The van der Waals surface area contributed by atoms with Crippen LogP contribution in [0.1, 0.15) is 57.2 Å². The summed E-state index contributed by atoms with van der Waals surface area (Å²) in [4.78, 5) is 12.1. The Hall–Kier alpha value is -3.56. The van der Waals surface area contributed by atoms with Crippen molar-refractivity contribution in [2.45, 2.75) is 58.9 Å². The van der Waals surface area contributed by atoms with Crippen LogP contribution in [0.4, 0.5) is 13.2 Å². The van der Waals surface area contributed by atoms with Crippen molar-refractivity contribution in [2.24, 2.45) is 0 Å². The summed E-state index contributed by atoms with van der Waals surface area (Å²) in [5.74, 6) is 0.850. The molecule has 3 aromatic rings. The van der Waals surface area contributed by atoms with Gasteiger partial charge in [0, 0.05) is 5.56 Å². The molecule has 0 saturated heterocycles. The standard InChI is InChI=1S/C25H27F3N2O5/c1-6-19(22-30-29-21(34-22)16-8-10-17(11-9-16)25(26,27)28)33-18-12-13-20(15(3)14-18)35-24(4,5)23(31)32-7-2/h8-14,19H,6-7H2,1-5H3. The van der Waals surface area contributed by atoms with Gasteiger partial charge in [-0.25, -0.2) is 4.79 Å². The molecule has 35 heavy (non-hydrogen) atoms. The Morgan fingerprint density at radius 3 is 2.31 bits per heavy atom. The van der Waals surface area contributed by atoms with Crippen LogP contribution in [0, 0.1) is 6.92 Å². The largest absolute Gasteiger partial charge is 0.481 e. The van der Waals surface area contributed by atoms with Crippen LogP contribution < -0.4 is 9.47 Å². The van der Waals surface area contributed by atoms with Crippen LogP contribution in [0.15, 0.2) is 46.9 Å². The Bertz CT molecular complexity index is 1160. The van der Waals surface area contributed by atoms with Crippen molar-refractivity contribution in [2.75, 3.05) is 6.61 Å². The maximum Gasteiger partial charge on any atom is 0.416 e. The molecule has 0 saturated carbocycles. The fourth-order valence-electron chi connectivity index (χ4n) is 3.19. The highest BCUT2D eigenvalue weighted by Gasteiger charge is 2.32. The highest BCUT2D eigenvalue weighted by atomic mass is 19.4. The van der Waals surface area contributed by atoms with Crippen molar-refractivity contribution in [1.29, 1.82) is 0 Å². The molecule has 188 valence electrons. The van der Waals surface area contributed by atoms with E-state index >= 15 is 0 Å². The van der Waals surface area contributed by atoms with Gasteiger partial charge in [-0.3, -0.25) is 0 Å². The predicted molar refractivity (Wildman–Crippen MR) is 121 cm³/mol. The number of aryl methyl sites for hydroxylation is 1. The van der Waals surface area contributed by atoms with E-state index in [0.717, 1.165) is 17.7 Å². The van der Waals surface area contributed by atoms with Gasteiger partial charge in [0.05, 0.1) is 12.2 Å². The van der Waals surface area contributed by atoms with E-state index in [2.05, 4.69) is 10.2 Å². The first-order valence-corrected chi connectivity index (χ1v) is 11.1. The minimum absolute atomic E-state index is 0.0944. The van der Waals surface area contributed by atoms with Gasteiger partial charge < -0.3 is 18.6 Å². The molecule has 1 heterocycles. The minimum Gasteiger partial charge on any atom is -0.481 e. The lowest BCUT2D eigenvalue weighted by Gasteiger charge is -2.25. The molecule has 7 nitrogen and oxygen atoms in total. The Morgan fingerprint density at radius 1 is 1.06 bits per heavy atom. The fourth-order valence-corrected chi connectivity index (χ4v) is 3.19. The Balaban J connectivity index is 1.73. The number of benzene rings is 2. The van der Waals surface area contributed by atoms with Gasteiger partial charge in [0.2, 0.25) is 5.89 Å². The van der Waals surface area contributed by atoms with E-state index in [1.165, 1.54) is 12.1 Å². The van der Waals surface area contributed by atoms with Crippen LogP contribution in [0.25, 0.3) is 11.5 Å². The monoisotopic (exact) mass is 492 g/mol. The Kier molecular flexibility index (Phi) is 7.72. The summed E-state index contributed by atoms with van der Waals surface area (Å²) >= 11 is 0. The highest BCUT2D eigenvalue weighted by Crippen LogP contribution is 2.33. The molecule has 10 heteroatoms. The molecule has 3 rings (SSSR count). The number of carbonyl (C=O) groups excluding carboxylic acids is 1. The second-order valence-corrected chi connectivity index (χ2v) is 8.30. The van der Waals surface area contributed by atoms with Gasteiger partial charge in [-0.05, 0) is 82.1 Å². The number of rotatable bonds is 9. The van der Waals surface area contributed by atoms with E-state index in [-0.39, 0.29) is 18.4 Å². The van der Waals surface area contributed by atoms with Crippen molar-refractivity contribution in [3.05, 3.63) is 59.5 Å². The third-order valence-corrected chi connectivity index (χ3v) is 5.10. The van der Waals surface area contributed by atoms with E-state index in [4.69, 9.17) is 18.6 Å². The molecule has 1 unspecified atom stereocenters. The molecule has 0 radical (unpaired) electrons. The maximum atomic E-state index is 12.8. The van der Waals surface area contributed by atoms with Crippen molar-refractivity contribution in [1.82, 2.24) is 10.2 Å². The molecule has 0 N–H and O–H groups in total. The first kappa shape index (κ1) is 26.1. The molecular formula is C25H27F3N2O5. The third-order valence-electron chi connectivity index (χ3n) is 5.10. The highest BCUT2D eigenvalue weighted by molar-refractivity contribution is 5.79. The Labute approximate surface area is 201 Å². The minimum atomic E-state index is -4.42. The van der Waals surface area contributed by atoms with Crippen molar-refractivity contribution < 1.29 is 36.6 Å². The number of hydrogen-bond donors (Lipinski definition) is 0. The van der Waals surface area contributed by atoms with E-state index in [9.17, 15) is 18.0 Å². The number of ether oxygens (including phenoxy) is 3. The number of hydrogen-bond acceptors (Lipinski definition) is 7. The molecule has 0 spiro atoms. The summed E-state index contributed by atoms with van der Waals surface area (Å²) < 4.78 is 61.0. The molecule has 0 amide bonds. The Morgan fingerprint density at radius 2 is 1.74 bits per heavy atom. The zero-order valence-corrected chi connectivity index (χ0v) is 20.1. The second kappa shape index (κ2) is 10.4. The summed E-state index contributed by atoms with van der Waals surface area (Å²) in [7, 11) is 0. The molecule has 0 aliphatic carbocycles. The lowest BCUT2D eigenvalue weighted by atomic mass is 10.1. The van der Waals surface area contributed by atoms with E-state index in [1.807, 2.05) is 13.8 Å². The quantitative estimate of drug-likeness (QED) is 0.324. The summed E-state index contributed by atoms with van der Waals surface area (Å²) in [5.41, 5.74) is -0.809.